The van der Waals surface area contributed by atoms with Crippen molar-refractivity contribution in [2.24, 2.45) is 0 Å². The third-order valence-electron chi connectivity index (χ3n) is 8.77. The Hall–Kier alpha value is -5.87. The van der Waals surface area contributed by atoms with Crippen LogP contribution in [0.3, 0.4) is 0 Å². The van der Waals surface area contributed by atoms with Crippen LogP contribution >= 0.6 is 0 Å². The molecule has 212 valence electrons. The van der Waals surface area contributed by atoms with Gasteiger partial charge in [-0.25, -0.2) is 15.0 Å². The van der Waals surface area contributed by atoms with E-state index in [4.69, 9.17) is 19.4 Å². The molecule has 0 N–H and O–H groups in total. The summed E-state index contributed by atoms with van der Waals surface area (Å²) >= 11 is 0. The Labute approximate surface area is 260 Å². The highest BCUT2D eigenvalue weighted by Crippen LogP contribution is 2.40. The molecule has 0 atom stereocenters. The number of hydrogen-bond donors (Lipinski definition) is 0. The summed E-state index contributed by atoms with van der Waals surface area (Å²) in [4.78, 5) is 14.9. The molecule has 4 nitrogen and oxygen atoms in total. The van der Waals surface area contributed by atoms with Crippen molar-refractivity contribution in [3.63, 3.8) is 0 Å². The van der Waals surface area contributed by atoms with Gasteiger partial charge in [-0.05, 0) is 57.3 Å². The van der Waals surface area contributed by atoms with E-state index >= 15 is 0 Å². The van der Waals surface area contributed by atoms with Crippen LogP contribution in [-0.4, -0.2) is 15.0 Å². The standard InChI is InChI=1S/C41H27N3O/c1-3-11-27(12-4-1)39-42-40(28-13-5-2-6-14-28)44-41(43-39)35-16-9-17-36-38(35)34-23-21-30(25-37(34)45-36)29-20-22-33-31(24-29)19-18-26-10-7-8-15-32(26)33/h1-8,10-16,18-25H,9,17H2. The lowest BCUT2D eigenvalue weighted by atomic mass is 9.92. The molecular formula is C41H27N3O. The van der Waals surface area contributed by atoms with Gasteiger partial charge in [0.2, 0.25) is 0 Å². The molecule has 0 radical (unpaired) electrons. The Morgan fingerprint density at radius 3 is 1.82 bits per heavy atom. The van der Waals surface area contributed by atoms with Gasteiger partial charge in [0.1, 0.15) is 11.3 Å². The van der Waals surface area contributed by atoms with E-state index in [1.165, 1.54) is 27.1 Å². The number of allylic oxidation sites excluding steroid dienone is 1. The van der Waals surface area contributed by atoms with E-state index in [0.29, 0.717) is 17.5 Å². The SMILES string of the molecule is C1=C(c2nc(-c3ccccc3)nc(-c3ccccc3)n2)c2c(oc3cc(-c4ccc5c(ccc6ccccc65)c4)ccc23)CC1. The maximum absolute atomic E-state index is 6.57. The predicted octanol–water partition coefficient (Wildman–Crippen LogP) is 10.3. The fraction of sp³-hybridized carbons (Fsp3) is 0.0488. The van der Waals surface area contributed by atoms with Crippen LogP contribution in [0.2, 0.25) is 0 Å². The van der Waals surface area contributed by atoms with Crippen molar-refractivity contribution in [2.75, 3.05) is 0 Å². The molecule has 1 aliphatic rings. The molecule has 0 aliphatic heterocycles. The van der Waals surface area contributed by atoms with Crippen LogP contribution in [0, 0.1) is 0 Å². The largest absolute Gasteiger partial charge is 0.460 e. The van der Waals surface area contributed by atoms with Gasteiger partial charge in [0.15, 0.2) is 17.5 Å². The molecule has 2 aromatic heterocycles. The second-order valence-electron chi connectivity index (χ2n) is 11.5. The molecular weight excluding hydrogens is 550 g/mol. The van der Waals surface area contributed by atoms with E-state index in [-0.39, 0.29) is 0 Å². The maximum atomic E-state index is 6.57. The molecule has 0 unspecified atom stereocenters. The van der Waals surface area contributed by atoms with Crippen molar-refractivity contribution in [3.05, 3.63) is 157 Å². The van der Waals surface area contributed by atoms with Crippen molar-refractivity contribution < 1.29 is 4.42 Å². The molecule has 9 rings (SSSR count). The van der Waals surface area contributed by atoms with E-state index in [2.05, 4.69) is 78.9 Å². The van der Waals surface area contributed by atoms with Crippen molar-refractivity contribution in [3.8, 4) is 33.9 Å². The first kappa shape index (κ1) is 25.6. The van der Waals surface area contributed by atoms with Gasteiger partial charge >= 0.3 is 0 Å². The zero-order valence-electron chi connectivity index (χ0n) is 24.4. The Morgan fingerprint density at radius 1 is 0.467 bits per heavy atom. The minimum Gasteiger partial charge on any atom is -0.460 e. The number of rotatable bonds is 4. The maximum Gasteiger partial charge on any atom is 0.164 e. The molecule has 0 spiro atoms. The third-order valence-corrected chi connectivity index (χ3v) is 8.77. The molecule has 45 heavy (non-hydrogen) atoms. The van der Waals surface area contributed by atoms with Gasteiger partial charge < -0.3 is 4.42 Å². The van der Waals surface area contributed by atoms with Gasteiger partial charge in [-0.3, -0.25) is 0 Å². The Kier molecular flexibility index (Phi) is 5.91. The van der Waals surface area contributed by atoms with E-state index < -0.39 is 0 Å². The number of nitrogens with zero attached hydrogens (tertiary/aromatic N) is 3. The van der Waals surface area contributed by atoms with E-state index in [9.17, 15) is 0 Å². The van der Waals surface area contributed by atoms with Gasteiger partial charge in [0, 0.05) is 34.1 Å². The molecule has 0 saturated heterocycles. The van der Waals surface area contributed by atoms with Gasteiger partial charge in [0.25, 0.3) is 0 Å². The quantitative estimate of drug-likeness (QED) is 0.195. The summed E-state index contributed by atoms with van der Waals surface area (Å²) in [7, 11) is 0. The summed E-state index contributed by atoms with van der Waals surface area (Å²) in [5.74, 6) is 2.96. The van der Waals surface area contributed by atoms with Crippen LogP contribution < -0.4 is 0 Å². The van der Waals surface area contributed by atoms with Crippen LogP contribution in [0.5, 0.6) is 0 Å². The van der Waals surface area contributed by atoms with Crippen molar-refractivity contribution in [1.29, 1.82) is 0 Å². The van der Waals surface area contributed by atoms with Gasteiger partial charge in [-0.2, -0.15) is 0 Å². The number of fused-ring (bicyclic) bond motifs is 6. The highest BCUT2D eigenvalue weighted by molar-refractivity contribution is 6.08. The van der Waals surface area contributed by atoms with Crippen LogP contribution in [0.1, 0.15) is 23.6 Å². The van der Waals surface area contributed by atoms with E-state index in [0.717, 1.165) is 57.4 Å². The molecule has 4 heteroatoms. The van der Waals surface area contributed by atoms with Crippen molar-refractivity contribution >= 4 is 38.1 Å². The number of furan rings is 1. The Balaban J connectivity index is 1.16. The Morgan fingerprint density at radius 2 is 1.07 bits per heavy atom. The highest BCUT2D eigenvalue weighted by Gasteiger charge is 2.25. The zero-order valence-corrected chi connectivity index (χ0v) is 24.4. The normalized spacial score (nSPS) is 12.8. The average Bonchev–Trinajstić information content (AvgIpc) is 3.50. The monoisotopic (exact) mass is 577 g/mol. The minimum atomic E-state index is 0.659. The lowest BCUT2D eigenvalue weighted by Gasteiger charge is -2.14. The zero-order chi connectivity index (χ0) is 29.7. The molecule has 0 saturated carbocycles. The van der Waals surface area contributed by atoms with Crippen molar-refractivity contribution in [1.82, 2.24) is 15.0 Å². The summed E-state index contributed by atoms with van der Waals surface area (Å²) in [6.07, 6.45) is 3.95. The van der Waals surface area contributed by atoms with E-state index in [1.54, 1.807) is 0 Å². The fourth-order valence-electron chi connectivity index (χ4n) is 6.57. The highest BCUT2D eigenvalue weighted by atomic mass is 16.3. The van der Waals surface area contributed by atoms with Crippen LogP contribution in [0.25, 0.3) is 72.0 Å². The molecule has 0 bridgehead atoms. The molecule has 6 aromatic carbocycles. The Bertz CT molecular complexity index is 2370. The topological polar surface area (TPSA) is 51.8 Å². The van der Waals surface area contributed by atoms with Gasteiger partial charge in [-0.1, -0.05) is 121 Å². The number of benzene rings is 6. The third kappa shape index (κ3) is 4.42. The minimum absolute atomic E-state index is 0.659. The summed E-state index contributed by atoms with van der Waals surface area (Å²) in [6, 6.07) is 46.5. The lowest BCUT2D eigenvalue weighted by Crippen LogP contribution is -2.06. The first-order chi connectivity index (χ1) is 22.3. The number of aromatic nitrogens is 3. The number of hydrogen-bond acceptors (Lipinski definition) is 4. The van der Waals surface area contributed by atoms with Crippen LogP contribution in [-0.2, 0) is 6.42 Å². The second-order valence-corrected chi connectivity index (χ2v) is 11.5. The molecule has 0 amide bonds. The average molecular weight is 578 g/mol. The molecule has 0 fully saturated rings. The first-order valence-corrected chi connectivity index (χ1v) is 15.3. The molecule has 2 heterocycles. The molecule has 8 aromatic rings. The van der Waals surface area contributed by atoms with Crippen LogP contribution in [0.15, 0.2) is 144 Å². The second kappa shape index (κ2) is 10.4. The van der Waals surface area contributed by atoms with Crippen molar-refractivity contribution in [2.45, 2.75) is 12.8 Å². The summed E-state index contributed by atoms with van der Waals surface area (Å²) < 4.78 is 6.57. The number of aryl methyl sites for hydroxylation is 1. The summed E-state index contributed by atoms with van der Waals surface area (Å²) in [6.45, 7) is 0. The molecule has 1 aliphatic carbocycles. The lowest BCUT2D eigenvalue weighted by molar-refractivity contribution is 0.545. The fourth-order valence-corrected chi connectivity index (χ4v) is 6.57. The summed E-state index contributed by atoms with van der Waals surface area (Å²) in [5.41, 5.74) is 7.17. The van der Waals surface area contributed by atoms with Gasteiger partial charge in [-0.15, -0.1) is 0 Å². The van der Waals surface area contributed by atoms with E-state index in [1.807, 2.05) is 60.7 Å². The summed E-state index contributed by atoms with van der Waals surface area (Å²) in [5, 5.41) is 6.11. The smallest absolute Gasteiger partial charge is 0.164 e. The van der Waals surface area contributed by atoms with Gasteiger partial charge in [0.05, 0.1) is 0 Å². The first-order valence-electron chi connectivity index (χ1n) is 15.3. The predicted molar refractivity (Wildman–Crippen MR) is 183 cm³/mol. The van der Waals surface area contributed by atoms with Crippen LogP contribution in [0.4, 0.5) is 0 Å².